The highest BCUT2D eigenvalue weighted by Gasteiger charge is 2.31. The van der Waals surface area contributed by atoms with E-state index in [1.54, 1.807) is 5.38 Å². The lowest BCUT2D eigenvalue weighted by atomic mass is 9.94. The second-order valence-corrected chi connectivity index (χ2v) is 4.36. The van der Waals surface area contributed by atoms with Crippen molar-refractivity contribution in [3.05, 3.63) is 64.6 Å². The molecule has 0 bridgehead atoms. The van der Waals surface area contributed by atoms with Gasteiger partial charge < -0.3 is 5.11 Å². The van der Waals surface area contributed by atoms with Crippen LogP contribution in [0.2, 0.25) is 0 Å². The van der Waals surface area contributed by atoms with Crippen LogP contribution in [0.1, 0.15) is 10.6 Å². The van der Waals surface area contributed by atoms with Crippen LogP contribution in [-0.4, -0.2) is 10.1 Å². The van der Waals surface area contributed by atoms with Crippen LogP contribution in [-0.2, 0) is 5.60 Å². The summed E-state index contributed by atoms with van der Waals surface area (Å²) < 4.78 is 26.3. The van der Waals surface area contributed by atoms with Gasteiger partial charge in [-0.25, -0.2) is 13.8 Å². The minimum Gasteiger partial charge on any atom is -0.374 e. The minimum atomic E-state index is -1.67. The first-order valence-electron chi connectivity index (χ1n) is 4.79. The average molecular weight is 253 g/mol. The summed E-state index contributed by atoms with van der Waals surface area (Å²) in [6.45, 7) is 3.50. The molecule has 0 fully saturated rings. The summed E-state index contributed by atoms with van der Waals surface area (Å²) in [7, 11) is 0. The molecule has 1 aromatic carbocycles. The van der Waals surface area contributed by atoms with Crippen molar-refractivity contribution in [2.24, 2.45) is 0 Å². The van der Waals surface area contributed by atoms with Gasteiger partial charge in [0.05, 0.1) is 0 Å². The lowest BCUT2D eigenvalue weighted by molar-refractivity contribution is 0.133. The Hall–Kier alpha value is -1.59. The van der Waals surface area contributed by atoms with E-state index in [-0.39, 0.29) is 5.56 Å². The molecule has 0 aliphatic rings. The van der Waals surface area contributed by atoms with E-state index in [0.29, 0.717) is 5.01 Å². The van der Waals surface area contributed by atoms with Gasteiger partial charge >= 0.3 is 0 Å². The number of benzene rings is 1. The number of aromatic nitrogens is 1. The van der Waals surface area contributed by atoms with Crippen molar-refractivity contribution in [2.75, 3.05) is 0 Å². The van der Waals surface area contributed by atoms with Gasteiger partial charge in [-0.15, -0.1) is 11.3 Å². The molecule has 1 heterocycles. The zero-order valence-corrected chi connectivity index (χ0v) is 9.55. The highest BCUT2D eigenvalue weighted by atomic mass is 32.1. The van der Waals surface area contributed by atoms with E-state index in [1.165, 1.54) is 23.6 Å². The third kappa shape index (κ3) is 2.11. The maximum Gasteiger partial charge on any atom is 0.159 e. The van der Waals surface area contributed by atoms with Crippen LogP contribution in [0, 0.1) is 11.6 Å². The monoisotopic (exact) mass is 253 g/mol. The Morgan fingerprint density at radius 1 is 1.29 bits per heavy atom. The Morgan fingerprint density at radius 2 is 1.94 bits per heavy atom. The van der Waals surface area contributed by atoms with E-state index in [0.717, 1.165) is 18.2 Å². The first kappa shape index (κ1) is 11.9. The predicted octanol–water partition coefficient (Wildman–Crippen LogP) is 2.84. The summed E-state index contributed by atoms with van der Waals surface area (Å²) in [5.41, 5.74) is -1.60. The predicted molar refractivity (Wildman–Crippen MR) is 61.7 cm³/mol. The number of hydrogen-bond acceptors (Lipinski definition) is 3. The molecule has 2 aromatic rings. The number of halogens is 2. The molecule has 1 aromatic heterocycles. The molecule has 0 aliphatic carbocycles. The molecule has 1 atom stereocenters. The van der Waals surface area contributed by atoms with Crippen LogP contribution in [0.5, 0.6) is 0 Å². The van der Waals surface area contributed by atoms with Crippen molar-refractivity contribution >= 4 is 11.3 Å². The average Bonchev–Trinajstić information content (AvgIpc) is 2.80. The van der Waals surface area contributed by atoms with Gasteiger partial charge in [0.1, 0.15) is 16.6 Å². The summed E-state index contributed by atoms with van der Waals surface area (Å²) in [5, 5.41) is 12.4. The van der Waals surface area contributed by atoms with Gasteiger partial charge in [-0.2, -0.15) is 0 Å². The molecular formula is C12H9F2NOS. The van der Waals surface area contributed by atoms with Gasteiger partial charge in [0, 0.05) is 23.2 Å². The molecule has 0 radical (unpaired) electrons. The zero-order valence-electron chi connectivity index (χ0n) is 8.73. The van der Waals surface area contributed by atoms with Crippen molar-refractivity contribution in [2.45, 2.75) is 5.60 Å². The van der Waals surface area contributed by atoms with Gasteiger partial charge in [-0.3, -0.25) is 0 Å². The summed E-state index contributed by atoms with van der Waals surface area (Å²) in [6.07, 6.45) is 2.71. The van der Waals surface area contributed by atoms with Crippen molar-refractivity contribution in [3.63, 3.8) is 0 Å². The fraction of sp³-hybridized carbons (Fsp3) is 0.0833. The molecule has 0 saturated heterocycles. The fourth-order valence-electron chi connectivity index (χ4n) is 1.51. The lowest BCUT2D eigenvalue weighted by Crippen LogP contribution is -2.24. The van der Waals surface area contributed by atoms with Crippen LogP contribution in [0.3, 0.4) is 0 Å². The van der Waals surface area contributed by atoms with E-state index >= 15 is 0 Å². The Bertz CT molecular complexity index is 521. The Labute approximate surface area is 101 Å². The number of hydrogen-bond donors (Lipinski definition) is 1. The standard InChI is InChI=1S/C12H9F2NOS/c1-2-12(16,11-15-3-4-17-11)8-5-9(13)7-10(14)6-8/h2-7,16H,1H2. The molecule has 0 aliphatic heterocycles. The molecule has 0 spiro atoms. The smallest absolute Gasteiger partial charge is 0.159 e. The number of thiazole rings is 1. The SMILES string of the molecule is C=CC(O)(c1cc(F)cc(F)c1)c1nccs1. The molecule has 1 unspecified atom stereocenters. The Morgan fingerprint density at radius 3 is 2.41 bits per heavy atom. The summed E-state index contributed by atoms with van der Waals surface area (Å²) in [5.74, 6) is -1.51. The third-order valence-corrected chi connectivity index (χ3v) is 3.25. The van der Waals surface area contributed by atoms with E-state index in [1.807, 2.05) is 0 Å². The molecule has 5 heteroatoms. The van der Waals surface area contributed by atoms with Gasteiger partial charge in [-0.05, 0) is 18.2 Å². The molecule has 2 nitrogen and oxygen atoms in total. The first-order valence-corrected chi connectivity index (χ1v) is 5.67. The van der Waals surface area contributed by atoms with E-state index < -0.39 is 17.2 Å². The summed E-state index contributed by atoms with van der Waals surface area (Å²) >= 11 is 1.18. The summed E-state index contributed by atoms with van der Waals surface area (Å²) in [4.78, 5) is 3.95. The first-order chi connectivity index (χ1) is 8.06. The topological polar surface area (TPSA) is 33.1 Å². The highest BCUT2D eigenvalue weighted by Crippen LogP contribution is 2.32. The lowest BCUT2D eigenvalue weighted by Gasteiger charge is -2.22. The molecule has 2 rings (SSSR count). The molecule has 0 saturated carbocycles. The number of nitrogens with zero attached hydrogens (tertiary/aromatic N) is 1. The van der Waals surface area contributed by atoms with Crippen molar-refractivity contribution in [1.82, 2.24) is 4.98 Å². The van der Waals surface area contributed by atoms with Crippen LogP contribution in [0.25, 0.3) is 0 Å². The van der Waals surface area contributed by atoms with Crippen LogP contribution in [0.15, 0.2) is 42.4 Å². The maximum atomic E-state index is 13.1. The molecular weight excluding hydrogens is 244 g/mol. The van der Waals surface area contributed by atoms with Crippen LogP contribution < -0.4 is 0 Å². The summed E-state index contributed by atoms with van der Waals surface area (Å²) in [6, 6.07) is 2.87. The molecule has 1 N–H and O–H groups in total. The van der Waals surface area contributed by atoms with E-state index in [2.05, 4.69) is 11.6 Å². The van der Waals surface area contributed by atoms with E-state index in [4.69, 9.17) is 0 Å². The van der Waals surface area contributed by atoms with E-state index in [9.17, 15) is 13.9 Å². The van der Waals surface area contributed by atoms with Gasteiger partial charge in [0.15, 0.2) is 5.60 Å². The van der Waals surface area contributed by atoms with Gasteiger partial charge in [0.25, 0.3) is 0 Å². The third-order valence-electron chi connectivity index (χ3n) is 2.36. The number of rotatable bonds is 3. The highest BCUT2D eigenvalue weighted by molar-refractivity contribution is 7.09. The van der Waals surface area contributed by atoms with Crippen molar-refractivity contribution in [3.8, 4) is 0 Å². The normalized spacial score (nSPS) is 14.3. The minimum absolute atomic E-state index is 0.0694. The molecule has 88 valence electrons. The Balaban J connectivity index is 2.59. The van der Waals surface area contributed by atoms with Gasteiger partial charge in [-0.1, -0.05) is 6.58 Å². The quantitative estimate of drug-likeness (QED) is 0.853. The molecule has 0 amide bonds. The maximum absolute atomic E-state index is 13.1. The molecule has 17 heavy (non-hydrogen) atoms. The second kappa shape index (κ2) is 4.35. The largest absolute Gasteiger partial charge is 0.374 e. The van der Waals surface area contributed by atoms with Gasteiger partial charge in [0.2, 0.25) is 0 Å². The zero-order chi connectivity index (χ0) is 12.5. The van der Waals surface area contributed by atoms with Crippen molar-refractivity contribution < 1.29 is 13.9 Å². The fourth-order valence-corrected chi connectivity index (χ4v) is 2.27. The Kier molecular flexibility index (Phi) is 3.04. The van der Waals surface area contributed by atoms with Crippen molar-refractivity contribution in [1.29, 1.82) is 0 Å². The van der Waals surface area contributed by atoms with Crippen LogP contribution in [0.4, 0.5) is 8.78 Å². The number of aliphatic hydroxyl groups is 1. The van der Waals surface area contributed by atoms with Crippen LogP contribution >= 0.6 is 11.3 Å². The second-order valence-electron chi connectivity index (χ2n) is 3.47.